The molecule has 1 aliphatic rings. The van der Waals surface area contributed by atoms with Gasteiger partial charge in [-0.15, -0.1) is 24.0 Å². The molecule has 7 heteroatoms. The number of benzene rings is 1. The van der Waals surface area contributed by atoms with Gasteiger partial charge in [0, 0.05) is 45.8 Å². The number of methoxy groups -OCH3 is 1. The molecule has 154 valence electrons. The molecule has 27 heavy (non-hydrogen) atoms. The fraction of sp³-hybridized carbons (Fsp3) is 0.650. The summed E-state index contributed by atoms with van der Waals surface area (Å²) in [5.41, 5.74) is 2.33. The third kappa shape index (κ3) is 9.12. The van der Waals surface area contributed by atoms with Crippen molar-refractivity contribution in [3.63, 3.8) is 0 Å². The molecule has 6 nitrogen and oxygen atoms in total. The van der Waals surface area contributed by atoms with Gasteiger partial charge < -0.3 is 24.8 Å². The van der Waals surface area contributed by atoms with E-state index in [9.17, 15) is 0 Å². The van der Waals surface area contributed by atoms with Gasteiger partial charge in [0.2, 0.25) is 0 Å². The maximum Gasteiger partial charge on any atom is 0.191 e. The maximum absolute atomic E-state index is 6.15. The van der Waals surface area contributed by atoms with E-state index in [1.807, 2.05) is 0 Å². The molecule has 0 amide bonds. The van der Waals surface area contributed by atoms with E-state index in [2.05, 4.69) is 40.7 Å². The van der Waals surface area contributed by atoms with Crippen LogP contribution in [0.3, 0.4) is 0 Å². The molecule has 2 rings (SSSR count). The van der Waals surface area contributed by atoms with E-state index in [-0.39, 0.29) is 30.1 Å². The second kappa shape index (κ2) is 14.0. The maximum atomic E-state index is 6.15. The van der Waals surface area contributed by atoms with Gasteiger partial charge in [-0.1, -0.05) is 12.1 Å². The first-order valence-electron chi connectivity index (χ1n) is 9.50. The average Bonchev–Trinajstić information content (AvgIpc) is 3.15. The first-order valence-corrected chi connectivity index (χ1v) is 9.50. The summed E-state index contributed by atoms with van der Waals surface area (Å²) in [5, 5.41) is 6.73. The zero-order chi connectivity index (χ0) is 18.6. The summed E-state index contributed by atoms with van der Waals surface area (Å²) in [6.07, 6.45) is 4.45. The third-order valence-corrected chi connectivity index (χ3v) is 4.39. The van der Waals surface area contributed by atoms with E-state index in [0.29, 0.717) is 13.2 Å². The second-order valence-corrected chi connectivity index (χ2v) is 6.62. The monoisotopic (exact) mass is 491 g/mol. The van der Waals surface area contributed by atoms with E-state index in [1.165, 1.54) is 5.56 Å². The van der Waals surface area contributed by atoms with Gasteiger partial charge in [-0.05, 0) is 37.8 Å². The molecule has 1 fully saturated rings. The van der Waals surface area contributed by atoms with Gasteiger partial charge in [0.1, 0.15) is 11.9 Å². The number of guanidine groups is 1. The Bertz CT molecular complexity index is 563. The van der Waals surface area contributed by atoms with Gasteiger partial charge in [0.25, 0.3) is 0 Å². The molecular formula is C20H34IN3O3. The molecule has 1 heterocycles. The Kier molecular flexibility index (Phi) is 12.4. The summed E-state index contributed by atoms with van der Waals surface area (Å²) in [5.74, 6) is 1.75. The quantitative estimate of drug-likeness (QED) is 0.228. The van der Waals surface area contributed by atoms with Crippen molar-refractivity contribution < 1.29 is 14.2 Å². The van der Waals surface area contributed by atoms with Crippen LogP contribution in [0, 0.1) is 6.92 Å². The number of ether oxygens (including phenoxy) is 3. The number of nitrogens with one attached hydrogen (secondary N) is 2. The number of rotatable bonds is 10. The van der Waals surface area contributed by atoms with Crippen molar-refractivity contribution >= 4 is 29.9 Å². The number of unbranched alkanes of at least 4 members (excludes halogenated alkanes) is 2. The molecule has 1 atom stereocenters. The molecule has 1 aromatic rings. The van der Waals surface area contributed by atoms with Crippen molar-refractivity contribution in [2.45, 2.75) is 45.3 Å². The van der Waals surface area contributed by atoms with Gasteiger partial charge in [0.15, 0.2) is 5.96 Å². The SMILES string of the molecule is CN=C(NCCCCCOC)NCc1ccc(C)cc1OC1CCOC1.I. The first kappa shape index (κ1) is 24.0. The van der Waals surface area contributed by atoms with Gasteiger partial charge in [-0.3, -0.25) is 4.99 Å². The second-order valence-electron chi connectivity index (χ2n) is 6.62. The van der Waals surface area contributed by atoms with Crippen LogP contribution in [-0.2, 0) is 16.0 Å². The largest absolute Gasteiger partial charge is 0.488 e. The normalized spacial score (nSPS) is 16.7. The highest BCUT2D eigenvalue weighted by molar-refractivity contribution is 14.0. The van der Waals surface area contributed by atoms with Gasteiger partial charge in [-0.2, -0.15) is 0 Å². The summed E-state index contributed by atoms with van der Waals surface area (Å²) >= 11 is 0. The van der Waals surface area contributed by atoms with Crippen LogP contribution < -0.4 is 15.4 Å². The van der Waals surface area contributed by atoms with Crippen LogP contribution in [-0.4, -0.2) is 52.6 Å². The van der Waals surface area contributed by atoms with Crippen LogP contribution in [0.15, 0.2) is 23.2 Å². The summed E-state index contributed by atoms with van der Waals surface area (Å²) in [6.45, 7) is 5.94. The molecule has 1 aliphatic heterocycles. The zero-order valence-corrected chi connectivity index (χ0v) is 19.1. The highest BCUT2D eigenvalue weighted by Crippen LogP contribution is 2.23. The number of halogens is 1. The van der Waals surface area contributed by atoms with Crippen molar-refractivity contribution in [3.05, 3.63) is 29.3 Å². The van der Waals surface area contributed by atoms with Crippen molar-refractivity contribution in [2.24, 2.45) is 4.99 Å². The number of aliphatic imine (C=N–C) groups is 1. The predicted octanol–water partition coefficient (Wildman–Crippen LogP) is 3.26. The van der Waals surface area contributed by atoms with E-state index in [0.717, 1.165) is 62.7 Å². The Hall–Kier alpha value is -1.06. The van der Waals surface area contributed by atoms with Gasteiger partial charge in [0.05, 0.1) is 13.2 Å². The molecule has 0 radical (unpaired) electrons. The van der Waals surface area contributed by atoms with Gasteiger partial charge >= 0.3 is 0 Å². The van der Waals surface area contributed by atoms with E-state index >= 15 is 0 Å². The fourth-order valence-corrected chi connectivity index (χ4v) is 2.86. The Morgan fingerprint density at radius 2 is 2.11 bits per heavy atom. The topological polar surface area (TPSA) is 64.1 Å². The lowest BCUT2D eigenvalue weighted by atomic mass is 10.1. The summed E-state index contributed by atoms with van der Waals surface area (Å²) in [7, 11) is 3.54. The van der Waals surface area contributed by atoms with Crippen LogP contribution in [0.1, 0.15) is 36.8 Å². The van der Waals surface area contributed by atoms with E-state index in [4.69, 9.17) is 14.2 Å². The summed E-state index contributed by atoms with van der Waals surface area (Å²) < 4.78 is 16.6. The third-order valence-electron chi connectivity index (χ3n) is 4.39. The van der Waals surface area contributed by atoms with Crippen LogP contribution in [0.5, 0.6) is 5.75 Å². The Labute approximate surface area is 180 Å². The minimum atomic E-state index is 0. The smallest absolute Gasteiger partial charge is 0.191 e. The lowest BCUT2D eigenvalue weighted by Crippen LogP contribution is -2.37. The summed E-state index contributed by atoms with van der Waals surface area (Å²) in [6, 6.07) is 6.33. The molecule has 0 spiro atoms. The van der Waals surface area contributed by atoms with Crippen LogP contribution in [0.25, 0.3) is 0 Å². The zero-order valence-electron chi connectivity index (χ0n) is 16.8. The molecule has 0 aromatic heterocycles. The molecule has 0 aliphatic carbocycles. The first-order chi connectivity index (χ1) is 12.7. The lowest BCUT2D eigenvalue weighted by molar-refractivity contribution is 0.140. The predicted molar refractivity (Wildman–Crippen MR) is 120 cm³/mol. The van der Waals surface area contributed by atoms with Crippen molar-refractivity contribution in [1.82, 2.24) is 10.6 Å². The lowest BCUT2D eigenvalue weighted by Gasteiger charge is -2.18. The van der Waals surface area contributed by atoms with Crippen LogP contribution >= 0.6 is 24.0 Å². The molecule has 0 saturated carbocycles. The van der Waals surface area contributed by atoms with Crippen molar-refractivity contribution in [2.75, 3.05) is 40.5 Å². The number of aryl methyl sites for hydroxylation is 1. The van der Waals surface area contributed by atoms with E-state index in [1.54, 1.807) is 14.2 Å². The average molecular weight is 491 g/mol. The molecule has 1 unspecified atom stereocenters. The summed E-state index contributed by atoms with van der Waals surface area (Å²) in [4.78, 5) is 4.30. The molecule has 1 aromatic carbocycles. The molecule has 1 saturated heterocycles. The van der Waals surface area contributed by atoms with E-state index < -0.39 is 0 Å². The van der Waals surface area contributed by atoms with Crippen molar-refractivity contribution in [3.8, 4) is 5.75 Å². The standard InChI is InChI=1S/C20H33N3O3.HI/c1-16-7-8-17(19(13-16)26-18-9-12-25-15-18)14-23-20(21-2)22-10-5-4-6-11-24-3;/h7-8,13,18H,4-6,9-12,14-15H2,1-3H3,(H2,21,22,23);1H. The van der Waals surface area contributed by atoms with Gasteiger partial charge in [-0.25, -0.2) is 0 Å². The Morgan fingerprint density at radius 3 is 2.81 bits per heavy atom. The Morgan fingerprint density at radius 1 is 1.26 bits per heavy atom. The number of hydrogen-bond donors (Lipinski definition) is 2. The Balaban J connectivity index is 0.00000364. The highest BCUT2D eigenvalue weighted by Gasteiger charge is 2.18. The number of nitrogens with zero attached hydrogens (tertiary/aromatic N) is 1. The minimum absolute atomic E-state index is 0. The number of hydrogen-bond acceptors (Lipinski definition) is 4. The van der Waals surface area contributed by atoms with Crippen LogP contribution in [0.4, 0.5) is 0 Å². The minimum Gasteiger partial charge on any atom is -0.488 e. The molecule has 2 N–H and O–H groups in total. The highest BCUT2D eigenvalue weighted by atomic mass is 127. The van der Waals surface area contributed by atoms with Crippen molar-refractivity contribution in [1.29, 1.82) is 0 Å². The van der Waals surface area contributed by atoms with Crippen LogP contribution in [0.2, 0.25) is 0 Å². The fourth-order valence-electron chi connectivity index (χ4n) is 2.86. The molecular weight excluding hydrogens is 457 g/mol. The molecule has 0 bridgehead atoms.